The van der Waals surface area contributed by atoms with Crippen LogP contribution in [0.15, 0.2) is 29.3 Å². The Morgan fingerprint density at radius 3 is 2.78 bits per heavy atom. The number of thiazole rings is 1. The highest BCUT2D eigenvalue weighted by atomic mass is 32.2. The number of aliphatic hydroxyl groups is 1. The average molecular weight is 471 g/mol. The molecular weight excluding hydrogens is 448 g/mol. The fourth-order valence-corrected chi connectivity index (χ4v) is 6.77. The number of fused-ring (bicyclic) bond motifs is 2. The van der Waals surface area contributed by atoms with Crippen molar-refractivity contribution in [3.63, 3.8) is 0 Å². The van der Waals surface area contributed by atoms with Crippen molar-refractivity contribution in [1.29, 1.82) is 0 Å². The molecule has 0 spiro atoms. The fraction of sp³-hybridized carbons (Fsp3) is 0.364. The van der Waals surface area contributed by atoms with Crippen molar-refractivity contribution in [2.24, 2.45) is 0 Å². The highest BCUT2D eigenvalue weighted by molar-refractivity contribution is 7.89. The summed E-state index contributed by atoms with van der Waals surface area (Å²) in [5, 5.41) is 11.1. The molecule has 166 valence electrons. The van der Waals surface area contributed by atoms with Crippen LogP contribution in [-0.2, 0) is 22.9 Å². The summed E-state index contributed by atoms with van der Waals surface area (Å²) in [6.45, 7) is 1.02. The monoisotopic (exact) mass is 470 g/mol. The van der Waals surface area contributed by atoms with Gasteiger partial charge in [-0.3, -0.25) is 4.79 Å². The number of carbonyl (C=O) groups is 1. The number of terminal acetylenes is 1. The second-order valence-electron chi connectivity index (χ2n) is 8.06. The van der Waals surface area contributed by atoms with Crippen LogP contribution in [0.1, 0.15) is 32.4 Å². The van der Waals surface area contributed by atoms with E-state index in [-0.39, 0.29) is 30.1 Å². The molecule has 1 fully saturated rings. The van der Waals surface area contributed by atoms with Crippen molar-refractivity contribution in [2.45, 2.75) is 30.4 Å². The number of hydrogen-bond donors (Lipinski definition) is 2. The molecular formula is C22H22N4O4S2. The molecule has 1 amide bonds. The van der Waals surface area contributed by atoms with Crippen LogP contribution in [0.25, 0.3) is 10.9 Å². The molecule has 2 N–H and O–H groups in total. The Bertz CT molecular complexity index is 1340. The van der Waals surface area contributed by atoms with Crippen LogP contribution in [0, 0.1) is 12.3 Å². The Morgan fingerprint density at radius 1 is 1.25 bits per heavy atom. The first-order valence-electron chi connectivity index (χ1n) is 10.4. The summed E-state index contributed by atoms with van der Waals surface area (Å²) in [5.74, 6) is 2.37. The van der Waals surface area contributed by atoms with Gasteiger partial charge in [0.05, 0.1) is 11.8 Å². The molecule has 3 aromatic rings. The number of aromatic amines is 1. The van der Waals surface area contributed by atoms with Crippen molar-refractivity contribution in [3.05, 3.63) is 45.4 Å². The molecule has 1 aliphatic heterocycles. The van der Waals surface area contributed by atoms with Gasteiger partial charge < -0.3 is 15.0 Å². The van der Waals surface area contributed by atoms with Crippen molar-refractivity contribution >= 4 is 38.2 Å². The average Bonchev–Trinajstić information content (AvgIpc) is 3.42. The van der Waals surface area contributed by atoms with E-state index in [0.29, 0.717) is 48.4 Å². The number of aromatic nitrogens is 2. The summed E-state index contributed by atoms with van der Waals surface area (Å²) in [7, 11) is -3.72. The molecule has 8 nitrogen and oxygen atoms in total. The highest BCUT2D eigenvalue weighted by Gasteiger charge is 2.33. The molecule has 1 saturated heterocycles. The van der Waals surface area contributed by atoms with Crippen molar-refractivity contribution < 1.29 is 18.3 Å². The van der Waals surface area contributed by atoms with Crippen molar-refractivity contribution in [2.75, 3.05) is 26.2 Å². The number of aliphatic hydroxyl groups excluding tert-OH is 1. The normalized spacial score (nSPS) is 19.6. The number of amides is 1. The minimum Gasteiger partial charge on any atom is -0.393 e. The van der Waals surface area contributed by atoms with E-state index in [0.717, 1.165) is 16.0 Å². The number of aryl methyl sites for hydroxylation is 1. The number of rotatable bonds is 3. The van der Waals surface area contributed by atoms with E-state index in [1.165, 1.54) is 15.6 Å². The van der Waals surface area contributed by atoms with Crippen LogP contribution in [0.3, 0.4) is 0 Å². The third-order valence-electron chi connectivity index (χ3n) is 6.00. The smallest absolute Gasteiger partial charge is 0.282 e. The van der Waals surface area contributed by atoms with E-state index < -0.39 is 10.0 Å². The van der Waals surface area contributed by atoms with Crippen LogP contribution >= 0.6 is 11.3 Å². The Labute approximate surface area is 189 Å². The van der Waals surface area contributed by atoms with Gasteiger partial charge in [-0.05, 0) is 37.1 Å². The van der Waals surface area contributed by atoms with E-state index >= 15 is 0 Å². The fourth-order valence-electron chi connectivity index (χ4n) is 4.19. The van der Waals surface area contributed by atoms with Gasteiger partial charge in [-0.15, -0.1) is 17.8 Å². The summed E-state index contributed by atoms with van der Waals surface area (Å²) < 4.78 is 27.7. The largest absolute Gasteiger partial charge is 0.393 e. The number of H-pyrrole nitrogens is 1. The summed E-state index contributed by atoms with van der Waals surface area (Å²) in [5.41, 5.74) is 2.29. The lowest BCUT2D eigenvalue weighted by Gasteiger charge is -2.33. The number of benzene rings is 1. The van der Waals surface area contributed by atoms with Crippen molar-refractivity contribution in [3.8, 4) is 12.3 Å². The second-order valence-corrected chi connectivity index (χ2v) is 11.1. The van der Waals surface area contributed by atoms with E-state index in [1.807, 2.05) is 0 Å². The van der Waals surface area contributed by atoms with Crippen LogP contribution in [0.5, 0.6) is 0 Å². The van der Waals surface area contributed by atoms with Gasteiger partial charge in [-0.1, -0.05) is 5.92 Å². The van der Waals surface area contributed by atoms with Gasteiger partial charge in [0.1, 0.15) is 5.03 Å². The van der Waals surface area contributed by atoms with Gasteiger partial charge in [-0.2, -0.15) is 4.31 Å². The Balaban J connectivity index is 1.29. The Hall–Kier alpha value is -2.71. The lowest BCUT2D eigenvalue weighted by Crippen LogP contribution is -2.50. The van der Waals surface area contributed by atoms with Gasteiger partial charge >= 0.3 is 0 Å². The summed E-state index contributed by atoms with van der Waals surface area (Å²) in [6, 6.07) is 6.90. The molecule has 0 saturated carbocycles. The first-order valence-corrected chi connectivity index (χ1v) is 12.7. The second kappa shape index (κ2) is 8.01. The molecule has 10 heteroatoms. The van der Waals surface area contributed by atoms with Gasteiger partial charge in [0, 0.05) is 53.9 Å². The number of hydrogen-bond acceptors (Lipinski definition) is 6. The number of piperazine rings is 1. The van der Waals surface area contributed by atoms with Crippen LogP contribution in [0.4, 0.5) is 0 Å². The lowest BCUT2D eigenvalue weighted by molar-refractivity contribution is 0.0697. The molecule has 2 aliphatic rings. The maximum Gasteiger partial charge on any atom is 0.282 e. The zero-order chi connectivity index (χ0) is 22.5. The van der Waals surface area contributed by atoms with E-state index in [4.69, 9.17) is 6.42 Å². The molecule has 1 unspecified atom stereocenters. The molecule has 1 aromatic carbocycles. The maximum atomic E-state index is 13.1. The van der Waals surface area contributed by atoms with Crippen molar-refractivity contribution in [1.82, 2.24) is 19.2 Å². The number of carbonyl (C=O) groups excluding carboxylic acids is 1. The molecule has 0 bridgehead atoms. The van der Waals surface area contributed by atoms with E-state index in [2.05, 4.69) is 15.9 Å². The topological polar surface area (TPSA) is 107 Å². The standard InChI is InChI=1S/C22H22N4O4S2/c1-2-14-3-5-17-15(11-14)12-20(23-17)32(29,30)26-9-7-25(8-10-26)22(28)21-24-18-6-4-16(27)13-19(18)31-21/h1,3,5,11-12,16,23,27H,4,6-10,13H2. The van der Waals surface area contributed by atoms with Crippen LogP contribution < -0.4 is 0 Å². The molecule has 1 aliphatic carbocycles. The molecule has 1 atom stereocenters. The Kier molecular flexibility index (Phi) is 5.29. The summed E-state index contributed by atoms with van der Waals surface area (Å²) >= 11 is 1.34. The zero-order valence-corrected chi connectivity index (χ0v) is 18.9. The third-order valence-corrected chi connectivity index (χ3v) is 8.93. The van der Waals surface area contributed by atoms with E-state index in [9.17, 15) is 18.3 Å². The molecule has 32 heavy (non-hydrogen) atoms. The minimum absolute atomic E-state index is 0.118. The molecule has 2 aromatic heterocycles. The quantitative estimate of drug-likeness (QED) is 0.566. The zero-order valence-electron chi connectivity index (χ0n) is 17.2. The summed E-state index contributed by atoms with van der Waals surface area (Å²) in [6.07, 6.45) is 6.94. The SMILES string of the molecule is C#Cc1ccc2[nH]c(S(=O)(=O)N3CCN(C(=O)c4nc5c(s4)CC(O)CC5)CC3)cc2c1. The number of nitrogens with zero attached hydrogens (tertiary/aromatic N) is 3. The van der Waals surface area contributed by atoms with Gasteiger partial charge in [-0.25, -0.2) is 13.4 Å². The van der Waals surface area contributed by atoms with Gasteiger partial charge in [0.25, 0.3) is 15.9 Å². The Morgan fingerprint density at radius 2 is 2.03 bits per heavy atom. The first-order chi connectivity index (χ1) is 15.3. The molecule has 5 rings (SSSR count). The van der Waals surface area contributed by atoms with Crippen LogP contribution in [0.2, 0.25) is 0 Å². The predicted octanol–water partition coefficient (Wildman–Crippen LogP) is 1.60. The number of nitrogens with one attached hydrogen (secondary N) is 1. The predicted molar refractivity (Wildman–Crippen MR) is 121 cm³/mol. The highest BCUT2D eigenvalue weighted by Crippen LogP contribution is 2.28. The number of sulfonamides is 1. The van der Waals surface area contributed by atoms with E-state index in [1.54, 1.807) is 29.2 Å². The molecule has 3 heterocycles. The van der Waals surface area contributed by atoms with Crippen LogP contribution in [-0.4, -0.2) is 70.9 Å². The third kappa shape index (κ3) is 3.71. The van der Waals surface area contributed by atoms with Gasteiger partial charge in [0.15, 0.2) is 5.01 Å². The maximum absolute atomic E-state index is 13.1. The lowest BCUT2D eigenvalue weighted by atomic mass is 10.0. The molecule has 0 radical (unpaired) electrons. The summed E-state index contributed by atoms with van der Waals surface area (Å²) in [4.78, 5) is 23.0. The first kappa shape index (κ1) is 21.2. The van der Waals surface area contributed by atoms with Gasteiger partial charge in [0.2, 0.25) is 0 Å². The minimum atomic E-state index is -3.72.